The first-order chi connectivity index (χ1) is 21.6. The molecule has 0 aromatic heterocycles. The van der Waals surface area contributed by atoms with Crippen molar-refractivity contribution in [2.45, 2.75) is 220 Å². The van der Waals surface area contributed by atoms with E-state index in [1.165, 1.54) is 128 Å². The van der Waals surface area contributed by atoms with Gasteiger partial charge in [-0.2, -0.15) is 0 Å². The third-order valence-electron chi connectivity index (χ3n) is 13.6. The average molecular weight is 611 g/mol. The fourth-order valence-corrected chi connectivity index (χ4v) is 9.75. The van der Waals surface area contributed by atoms with Crippen molar-refractivity contribution in [1.29, 1.82) is 0 Å². The lowest BCUT2D eigenvalue weighted by Gasteiger charge is -2.20. The third-order valence-corrected chi connectivity index (χ3v) is 13.6. The second kappa shape index (κ2) is 21.1. The molecule has 0 radical (unpaired) electrons. The Balaban J connectivity index is 0.863. The first-order valence-electron chi connectivity index (χ1n) is 21.6. The van der Waals surface area contributed by atoms with Crippen LogP contribution in [-0.2, 0) is 0 Å². The SMILES string of the molecule is CCCCCC1CC1CC1CC1CCCCCCCCC(CCCCCCCCC1CC1CC1CC1CCCCC)C(C)C. The van der Waals surface area contributed by atoms with Crippen LogP contribution in [0.15, 0.2) is 0 Å². The highest BCUT2D eigenvalue weighted by Gasteiger charge is 2.45. The Kier molecular flexibility index (Phi) is 17.6. The molecule has 8 atom stereocenters. The first kappa shape index (κ1) is 36.8. The highest BCUT2D eigenvalue weighted by atomic mass is 14.5. The maximum atomic E-state index is 2.49. The quantitative estimate of drug-likeness (QED) is 0.0685. The molecular formula is C44H82. The molecule has 4 aliphatic rings. The van der Waals surface area contributed by atoms with E-state index in [1.807, 2.05) is 0 Å². The smallest absolute Gasteiger partial charge is 0.0380 e. The molecule has 8 unspecified atom stereocenters. The van der Waals surface area contributed by atoms with Gasteiger partial charge in [0.25, 0.3) is 0 Å². The number of hydrogen-bond donors (Lipinski definition) is 0. The van der Waals surface area contributed by atoms with Gasteiger partial charge in [-0.3, -0.25) is 0 Å². The molecule has 4 fully saturated rings. The molecule has 0 N–H and O–H groups in total. The number of rotatable bonds is 31. The highest BCUT2D eigenvalue weighted by molar-refractivity contribution is 4.95. The van der Waals surface area contributed by atoms with Crippen molar-refractivity contribution in [3.63, 3.8) is 0 Å². The van der Waals surface area contributed by atoms with E-state index in [1.54, 1.807) is 64.2 Å². The van der Waals surface area contributed by atoms with Crippen LogP contribution in [0.5, 0.6) is 0 Å². The molecular weight excluding hydrogens is 528 g/mol. The van der Waals surface area contributed by atoms with Crippen molar-refractivity contribution < 1.29 is 0 Å². The summed E-state index contributed by atoms with van der Waals surface area (Å²) < 4.78 is 0. The standard InChI is InChI=1S/C44H82/c1-5-7-17-25-37-29-41(37)33-43-31-39(43)27-21-15-11-9-13-19-23-36(35(3)4)24-20-14-10-12-16-22-28-40-32-44(40)34-42-30-38(42)26-18-8-6-2/h35-44H,5-34H2,1-4H3. The van der Waals surface area contributed by atoms with Gasteiger partial charge in [0, 0.05) is 0 Å². The fraction of sp³-hybridized carbons (Fsp3) is 1.00. The van der Waals surface area contributed by atoms with Gasteiger partial charge in [0.2, 0.25) is 0 Å². The number of hydrogen-bond acceptors (Lipinski definition) is 0. The molecule has 0 saturated heterocycles. The molecule has 0 nitrogen and oxygen atoms in total. The van der Waals surface area contributed by atoms with Crippen molar-refractivity contribution >= 4 is 0 Å². The van der Waals surface area contributed by atoms with Crippen LogP contribution in [0.1, 0.15) is 220 Å². The van der Waals surface area contributed by atoms with Crippen molar-refractivity contribution in [2.24, 2.45) is 59.2 Å². The average Bonchev–Trinajstić information content (AvgIpc) is 3.83. The van der Waals surface area contributed by atoms with Gasteiger partial charge in [-0.25, -0.2) is 0 Å². The van der Waals surface area contributed by atoms with Gasteiger partial charge >= 0.3 is 0 Å². The van der Waals surface area contributed by atoms with Crippen LogP contribution >= 0.6 is 0 Å². The van der Waals surface area contributed by atoms with E-state index < -0.39 is 0 Å². The molecule has 0 heterocycles. The maximum Gasteiger partial charge on any atom is -0.0380 e. The third kappa shape index (κ3) is 15.3. The second-order valence-electron chi connectivity index (χ2n) is 17.9. The fourth-order valence-electron chi connectivity index (χ4n) is 9.75. The summed E-state index contributed by atoms with van der Waals surface area (Å²) >= 11 is 0. The summed E-state index contributed by atoms with van der Waals surface area (Å²) in [5, 5.41) is 0. The van der Waals surface area contributed by atoms with Gasteiger partial charge < -0.3 is 0 Å². The molecule has 0 aromatic rings. The summed E-state index contributed by atoms with van der Waals surface area (Å²) in [6.07, 6.45) is 45.6. The van der Waals surface area contributed by atoms with Gasteiger partial charge in [-0.15, -0.1) is 0 Å². The molecule has 0 aliphatic heterocycles. The molecule has 0 spiro atoms. The Morgan fingerprint density at radius 2 is 0.659 bits per heavy atom. The van der Waals surface area contributed by atoms with Crippen LogP contribution in [0.2, 0.25) is 0 Å². The van der Waals surface area contributed by atoms with Crippen LogP contribution in [-0.4, -0.2) is 0 Å². The van der Waals surface area contributed by atoms with E-state index in [-0.39, 0.29) is 0 Å². The molecule has 0 aromatic carbocycles. The minimum atomic E-state index is 0.887. The zero-order valence-electron chi connectivity index (χ0n) is 31.0. The Morgan fingerprint density at radius 1 is 0.364 bits per heavy atom. The molecule has 44 heavy (non-hydrogen) atoms. The van der Waals surface area contributed by atoms with E-state index in [4.69, 9.17) is 0 Å². The van der Waals surface area contributed by atoms with Gasteiger partial charge in [0.15, 0.2) is 0 Å². The van der Waals surface area contributed by atoms with E-state index in [2.05, 4.69) is 27.7 Å². The maximum absolute atomic E-state index is 2.49. The molecule has 4 rings (SSSR count). The lowest BCUT2D eigenvalue weighted by Crippen LogP contribution is -2.08. The van der Waals surface area contributed by atoms with Crippen LogP contribution < -0.4 is 0 Å². The second-order valence-corrected chi connectivity index (χ2v) is 17.9. The molecule has 0 heteroatoms. The van der Waals surface area contributed by atoms with Gasteiger partial charge in [-0.1, -0.05) is 182 Å². The van der Waals surface area contributed by atoms with Crippen LogP contribution in [0.4, 0.5) is 0 Å². The van der Waals surface area contributed by atoms with Crippen LogP contribution in [0, 0.1) is 59.2 Å². The zero-order chi connectivity index (χ0) is 31.0. The lowest BCUT2D eigenvalue weighted by atomic mass is 9.85. The van der Waals surface area contributed by atoms with Gasteiger partial charge in [0.1, 0.15) is 0 Å². The lowest BCUT2D eigenvalue weighted by molar-refractivity contribution is 0.312. The molecule has 0 bridgehead atoms. The topological polar surface area (TPSA) is 0 Å². The minimum Gasteiger partial charge on any atom is -0.0654 e. The predicted molar refractivity (Wildman–Crippen MR) is 196 cm³/mol. The molecule has 258 valence electrons. The Morgan fingerprint density at radius 3 is 0.977 bits per heavy atom. The van der Waals surface area contributed by atoms with E-state index in [0.29, 0.717) is 0 Å². The number of unbranched alkanes of at least 4 members (excludes halogenated alkanes) is 14. The molecule has 0 amide bonds. The summed E-state index contributed by atoms with van der Waals surface area (Å²) in [4.78, 5) is 0. The normalized spacial score (nSPS) is 31.0. The molecule has 4 aliphatic carbocycles. The summed E-state index contributed by atoms with van der Waals surface area (Å²) in [7, 11) is 0. The minimum absolute atomic E-state index is 0.887. The van der Waals surface area contributed by atoms with E-state index in [9.17, 15) is 0 Å². The zero-order valence-corrected chi connectivity index (χ0v) is 31.0. The van der Waals surface area contributed by atoms with E-state index >= 15 is 0 Å². The largest absolute Gasteiger partial charge is 0.0654 e. The Labute approximate surface area is 278 Å². The summed E-state index contributed by atoms with van der Waals surface area (Å²) in [6.45, 7) is 9.66. The monoisotopic (exact) mass is 611 g/mol. The first-order valence-corrected chi connectivity index (χ1v) is 21.6. The van der Waals surface area contributed by atoms with Crippen molar-refractivity contribution in [3.8, 4) is 0 Å². The van der Waals surface area contributed by atoms with E-state index in [0.717, 1.165) is 59.2 Å². The van der Waals surface area contributed by atoms with Gasteiger partial charge in [0.05, 0.1) is 0 Å². The van der Waals surface area contributed by atoms with Gasteiger partial charge in [-0.05, 0) is 97.7 Å². The van der Waals surface area contributed by atoms with Crippen LogP contribution in [0.25, 0.3) is 0 Å². The van der Waals surface area contributed by atoms with Crippen molar-refractivity contribution in [3.05, 3.63) is 0 Å². The predicted octanol–water partition coefficient (Wildman–Crippen LogP) is 15.0. The summed E-state index contributed by atoms with van der Waals surface area (Å²) in [5.41, 5.74) is 0. The van der Waals surface area contributed by atoms with Crippen LogP contribution in [0.3, 0.4) is 0 Å². The Hall–Kier alpha value is 0. The highest BCUT2D eigenvalue weighted by Crippen LogP contribution is 2.55. The summed E-state index contributed by atoms with van der Waals surface area (Å²) in [5.74, 6) is 11.0. The van der Waals surface area contributed by atoms with Crippen molar-refractivity contribution in [2.75, 3.05) is 0 Å². The molecule has 4 saturated carbocycles. The van der Waals surface area contributed by atoms with Crippen molar-refractivity contribution in [1.82, 2.24) is 0 Å². The summed E-state index contributed by atoms with van der Waals surface area (Å²) in [6, 6.07) is 0. The Bertz CT molecular complexity index is 651.